The fourth-order valence-electron chi connectivity index (χ4n) is 2.49. The van der Waals surface area contributed by atoms with Crippen LogP contribution in [-0.2, 0) is 4.79 Å². The maximum atomic E-state index is 12.2. The number of aromatic nitrogens is 1. The van der Waals surface area contributed by atoms with Crippen LogP contribution in [0.3, 0.4) is 0 Å². The Balaban J connectivity index is 1.71. The van der Waals surface area contributed by atoms with Crippen molar-refractivity contribution in [1.82, 2.24) is 15.2 Å². The van der Waals surface area contributed by atoms with E-state index in [1.54, 1.807) is 12.1 Å². The average molecular weight is 271 g/mol. The minimum absolute atomic E-state index is 0.212. The molecule has 2 heterocycles. The third-order valence-electron chi connectivity index (χ3n) is 3.65. The van der Waals surface area contributed by atoms with Crippen molar-refractivity contribution < 1.29 is 9.59 Å². The van der Waals surface area contributed by atoms with E-state index in [2.05, 4.69) is 10.3 Å². The molecule has 0 unspecified atom stereocenters. The molecule has 2 N–H and O–H groups in total. The van der Waals surface area contributed by atoms with Gasteiger partial charge < -0.3 is 10.3 Å². The van der Waals surface area contributed by atoms with E-state index in [1.165, 1.54) is 0 Å². The first kappa shape index (κ1) is 13.0. The molecule has 0 atom stereocenters. The standard InChI is InChI=1S/C15H17N3O2/c19-14(10-18-7-5-16-6-8-18)15(20)12-2-1-11-3-4-17-13(11)9-12/h1-4,9,16-17H,5-8,10H2. The second-order valence-corrected chi connectivity index (χ2v) is 5.06. The van der Waals surface area contributed by atoms with Gasteiger partial charge in [-0.15, -0.1) is 0 Å². The first-order chi connectivity index (χ1) is 9.74. The summed E-state index contributed by atoms with van der Waals surface area (Å²) >= 11 is 0. The lowest BCUT2D eigenvalue weighted by Crippen LogP contribution is -2.46. The van der Waals surface area contributed by atoms with E-state index in [0.29, 0.717) is 5.56 Å². The number of Topliss-reactive ketones (excluding diaryl/α,β-unsaturated/α-hetero) is 2. The summed E-state index contributed by atoms with van der Waals surface area (Å²) in [6.07, 6.45) is 1.82. The van der Waals surface area contributed by atoms with Gasteiger partial charge in [0.1, 0.15) is 0 Å². The maximum Gasteiger partial charge on any atom is 0.230 e. The molecule has 0 aliphatic carbocycles. The van der Waals surface area contributed by atoms with Gasteiger partial charge in [0.15, 0.2) is 0 Å². The lowest BCUT2D eigenvalue weighted by atomic mass is 10.1. The molecule has 5 nitrogen and oxygen atoms in total. The van der Waals surface area contributed by atoms with Crippen molar-refractivity contribution >= 4 is 22.5 Å². The molecular formula is C15H17N3O2. The number of benzene rings is 1. The largest absolute Gasteiger partial charge is 0.361 e. The number of hydrogen-bond acceptors (Lipinski definition) is 4. The number of piperazine rings is 1. The first-order valence-corrected chi connectivity index (χ1v) is 6.82. The fourth-order valence-corrected chi connectivity index (χ4v) is 2.49. The molecule has 1 aliphatic rings. The van der Waals surface area contributed by atoms with Crippen LogP contribution in [0.15, 0.2) is 30.5 Å². The van der Waals surface area contributed by atoms with Crippen LogP contribution >= 0.6 is 0 Å². The zero-order valence-electron chi connectivity index (χ0n) is 11.2. The van der Waals surface area contributed by atoms with Crippen LogP contribution in [0.25, 0.3) is 10.9 Å². The van der Waals surface area contributed by atoms with Crippen LogP contribution in [0.2, 0.25) is 0 Å². The summed E-state index contributed by atoms with van der Waals surface area (Å²) in [5.74, 6) is -0.738. The van der Waals surface area contributed by atoms with Gasteiger partial charge in [-0.1, -0.05) is 12.1 Å². The monoisotopic (exact) mass is 271 g/mol. The molecule has 2 aromatic rings. The molecule has 0 spiro atoms. The highest BCUT2D eigenvalue weighted by molar-refractivity contribution is 6.44. The second kappa shape index (κ2) is 5.56. The molecule has 3 rings (SSSR count). The van der Waals surface area contributed by atoms with Crippen molar-refractivity contribution in [2.45, 2.75) is 0 Å². The van der Waals surface area contributed by atoms with E-state index in [4.69, 9.17) is 0 Å². The van der Waals surface area contributed by atoms with Crippen molar-refractivity contribution in [3.8, 4) is 0 Å². The van der Waals surface area contributed by atoms with Gasteiger partial charge >= 0.3 is 0 Å². The number of nitrogens with zero attached hydrogens (tertiary/aromatic N) is 1. The van der Waals surface area contributed by atoms with Gasteiger partial charge in [0, 0.05) is 43.5 Å². The number of carbonyl (C=O) groups is 2. The normalized spacial score (nSPS) is 16.4. The van der Waals surface area contributed by atoms with Crippen molar-refractivity contribution in [1.29, 1.82) is 0 Å². The zero-order chi connectivity index (χ0) is 13.9. The molecule has 1 saturated heterocycles. The predicted octanol–water partition coefficient (Wildman–Crippen LogP) is 0.825. The van der Waals surface area contributed by atoms with Gasteiger partial charge in [-0.25, -0.2) is 0 Å². The molecule has 104 valence electrons. The van der Waals surface area contributed by atoms with E-state index in [0.717, 1.165) is 37.1 Å². The van der Waals surface area contributed by atoms with E-state index in [9.17, 15) is 9.59 Å². The topological polar surface area (TPSA) is 65.2 Å². The second-order valence-electron chi connectivity index (χ2n) is 5.06. The van der Waals surface area contributed by atoms with Gasteiger partial charge in [-0.2, -0.15) is 0 Å². The highest BCUT2D eigenvalue weighted by Crippen LogP contribution is 2.15. The Bertz CT molecular complexity index is 641. The van der Waals surface area contributed by atoms with Gasteiger partial charge in [-0.3, -0.25) is 14.5 Å². The maximum absolute atomic E-state index is 12.2. The summed E-state index contributed by atoms with van der Waals surface area (Å²) in [6, 6.07) is 7.25. The average Bonchev–Trinajstić information content (AvgIpc) is 2.94. The number of rotatable bonds is 4. The van der Waals surface area contributed by atoms with Crippen molar-refractivity contribution in [2.75, 3.05) is 32.7 Å². The van der Waals surface area contributed by atoms with Gasteiger partial charge in [0.25, 0.3) is 0 Å². The van der Waals surface area contributed by atoms with Crippen LogP contribution in [0.5, 0.6) is 0 Å². The van der Waals surface area contributed by atoms with Crippen LogP contribution < -0.4 is 5.32 Å². The minimum Gasteiger partial charge on any atom is -0.361 e. The Hall–Kier alpha value is -1.98. The van der Waals surface area contributed by atoms with E-state index >= 15 is 0 Å². The summed E-state index contributed by atoms with van der Waals surface area (Å²) < 4.78 is 0. The van der Waals surface area contributed by atoms with Gasteiger partial charge in [0.05, 0.1) is 6.54 Å². The Morgan fingerprint density at radius 2 is 1.95 bits per heavy atom. The van der Waals surface area contributed by atoms with Crippen molar-refractivity contribution in [3.05, 3.63) is 36.0 Å². The molecule has 1 aliphatic heterocycles. The van der Waals surface area contributed by atoms with E-state index < -0.39 is 5.78 Å². The SMILES string of the molecule is O=C(CN1CCNCC1)C(=O)c1ccc2cc[nH]c2c1. The summed E-state index contributed by atoms with van der Waals surface area (Å²) in [5.41, 5.74) is 1.34. The van der Waals surface area contributed by atoms with Gasteiger partial charge in [0.2, 0.25) is 11.6 Å². The number of H-pyrrole nitrogens is 1. The van der Waals surface area contributed by atoms with Crippen LogP contribution in [-0.4, -0.2) is 54.2 Å². The van der Waals surface area contributed by atoms with E-state index in [-0.39, 0.29) is 12.3 Å². The molecule has 5 heteroatoms. The quantitative estimate of drug-likeness (QED) is 0.638. The molecule has 0 radical (unpaired) electrons. The number of aromatic amines is 1. The molecule has 0 amide bonds. The summed E-state index contributed by atoms with van der Waals surface area (Å²) in [5, 5.41) is 4.26. The minimum atomic E-state index is -0.403. The zero-order valence-corrected chi connectivity index (χ0v) is 11.2. The van der Waals surface area contributed by atoms with Crippen molar-refractivity contribution in [3.63, 3.8) is 0 Å². The third kappa shape index (κ3) is 2.64. The molecule has 0 saturated carbocycles. The number of fused-ring (bicyclic) bond motifs is 1. The molecule has 1 fully saturated rings. The fraction of sp³-hybridized carbons (Fsp3) is 0.333. The van der Waals surface area contributed by atoms with Gasteiger partial charge in [-0.05, 0) is 17.5 Å². The molecule has 1 aromatic heterocycles. The van der Waals surface area contributed by atoms with Crippen LogP contribution in [0.4, 0.5) is 0 Å². The lowest BCUT2D eigenvalue weighted by molar-refractivity contribution is -0.116. The Morgan fingerprint density at radius 3 is 2.75 bits per heavy atom. The Labute approximate surface area is 117 Å². The molecule has 20 heavy (non-hydrogen) atoms. The summed E-state index contributed by atoms with van der Waals surface area (Å²) in [6.45, 7) is 3.58. The Morgan fingerprint density at radius 1 is 1.15 bits per heavy atom. The number of ketones is 2. The molecule has 1 aromatic carbocycles. The summed E-state index contributed by atoms with van der Waals surface area (Å²) in [4.78, 5) is 29.3. The number of nitrogens with one attached hydrogen (secondary N) is 2. The molecular weight excluding hydrogens is 254 g/mol. The van der Waals surface area contributed by atoms with E-state index in [1.807, 2.05) is 23.2 Å². The van der Waals surface area contributed by atoms with Crippen molar-refractivity contribution in [2.24, 2.45) is 0 Å². The van der Waals surface area contributed by atoms with Crippen LogP contribution in [0.1, 0.15) is 10.4 Å². The highest BCUT2D eigenvalue weighted by atomic mass is 16.2. The first-order valence-electron chi connectivity index (χ1n) is 6.82. The molecule has 0 bridgehead atoms. The number of carbonyl (C=O) groups excluding carboxylic acids is 2. The lowest BCUT2D eigenvalue weighted by Gasteiger charge is -2.26. The smallest absolute Gasteiger partial charge is 0.230 e. The number of hydrogen-bond donors (Lipinski definition) is 2. The van der Waals surface area contributed by atoms with Crippen LogP contribution in [0, 0.1) is 0 Å². The summed E-state index contributed by atoms with van der Waals surface area (Å²) in [7, 11) is 0. The predicted molar refractivity (Wildman–Crippen MR) is 76.9 cm³/mol. The third-order valence-corrected chi connectivity index (χ3v) is 3.65. The Kier molecular flexibility index (Phi) is 3.62. The highest BCUT2D eigenvalue weighted by Gasteiger charge is 2.20.